The molecule has 5 rings (SSSR count). The number of halogens is 1. The van der Waals surface area contributed by atoms with Gasteiger partial charge in [0.05, 0.1) is 37.0 Å². The first kappa shape index (κ1) is 20.3. The number of carbonyl (C=O) groups is 1. The Morgan fingerprint density at radius 1 is 1.19 bits per heavy atom. The summed E-state index contributed by atoms with van der Waals surface area (Å²) in [6.07, 6.45) is 0.817. The zero-order chi connectivity index (χ0) is 22.2. The van der Waals surface area contributed by atoms with Crippen molar-refractivity contribution < 1.29 is 9.53 Å². The third kappa shape index (κ3) is 3.65. The molecule has 4 aromatic rings. The van der Waals surface area contributed by atoms with Crippen molar-refractivity contribution in [3.8, 4) is 17.0 Å². The molecule has 0 saturated heterocycles. The van der Waals surface area contributed by atoms with Crippen LogP contribution < -0.4 is 10.3 Å². The van der Waals surface area contributed by atoms with E-state index in [0.717, 1.165) is 28.3 Å². The van der Waals surface area contributed by atoms with Crippen molar-refractivity contribution in [3.05, 3.63) is 86.8 Å². The number of hydrogen-bond acceptors (Lipinski definition) is 4. The molecule has 0 radical (unpaired) electrons. The van der Waals surface area contributed by atoms with Gasteiger partial charge in [-0.3, -0.25) is 14.7 Å². The summed E-state index contributed by atoms with van der Waals surface area (Å²) in [6, 6.07) is 16.7. The molecule has 1 aliphatic heterocycles. The maximum absolute atomic E-state index is 13.2. The second kappa shape index (κ2) is 8.16. The first-order valence-electron chi connectivity index (χ1n) is 10.3. The van der Waals surface area contributed by atoms with Crippen LogP contribution in [0.2, 0.25) is 5.02 Å². The lowest BCUT2D eigenvalue weighted by atomic mass is 10.1. The van der Waals surface area contributed by atoms with Gasteiger partial charge in [0.1, 0.15) is 5.75 Å². The van der Waals surface area contributed by atoms with Gasteiger partial charge < -0.3 is 9.64 Å². The van der Waals surface area contributed by atoms with Crippen LogP contribution in [0.25, 0.3) is 16.9 Å². The maximum atomic E-state index is 13.2. The van der Waals surface area contributed by atoms with E-state index in [4.69, 9.17) is 16.3 Å². The molecule has 3 heterocycles. The zero-order valence-corrected chi connectivity index (χ0v) is 18.2. The molecule has 0 atom stereocenters. The van der Waals surface area contributed by atoms with Crippen molar-refractivity contribution in [2.75, 3.05) is 13.7 Å². The first-order valence-corrected chi connectivity index (χ1v) is 10.7. The Morgan fingerprint density at radius 3 is 2.72 bits per heavy atom. The average Bonchev–Trinajstić information content (AvgIpc) is 3.24. The molecule has 8 heteroatoms. The molecule has 2 aromatic carbocycles. The summed E-state index contributed by atoms with van der Waals surface area (Å²) in [7, 11) is 1.61. The fourth-order valence-electron chi connectivity index (χ4n) is 4.04. The summed E-state index contributed by atoms with van der Waals surface area (Å²) in [5.41, 5.74) is 4.06. The third-order valence-corrected chi connectivity index (χ3v) is 6.12. The summed E-state index contributed by atoms with van der Waals surface area (Å²) in [5.74, 6) is 0.729. The van der Waals surface area contributed by atoms with E-state index in [1.165, 1.54) is 4.52 Å². The van der Waals surface area contributed by atoms with Crippen molar-refractivity contribution in [2.45, 2.75) is 19.4 Å². The van der Waals surface area contributed by atoms with Gasteiger partial charge in [0.25, 0.3) is 5.56 Å². The number of fused-ring (bicyclic) bond motifs is 2. The van der Waals surface area contributed by atoms with Crippen LogP contribution in [0.5, 0.6) is 5.75 Å². The number of methoxy groups -OCH3 is 1. The highest BCUT2D eigenvalue weighted by Crippen LogP contribution is 2.27. The minimum atomic E-state index is -0.190. The second-order valence-corrected chi connectivity index (χ2v) is 8.18. The standard InChI is InChI=1S/C24H21ClN4O3/c1-32-16-8-6-15(7-9-16)12-23(30)28-11-10-20-18(14-28)24(31)29-22(26-20)13-21(27-29)17-4-2-3-5-19(17)25/h2-9,13,27H,10-12,14H2,1H3. The van der Waals surface area contributed by atoms with E-state index in [9.17, 15) is 9.59 Å². The minimum absolute atomic E-state index is 0.0199. The van der Waals surface area contributed by atoms with E-state index < -0.39 is 0 Å². The average molecular weight is 449 g/mol. The normalized spacial score (nSPS) is 13.2. The van der Waals surface area contributed by atoms with Crippen molar-refractivity contribution in [1.29, 1.82) is 0 Å². The number of rotatable bonds is 4. The number of benzene rings is 2. The Bertz CT molecular complexity index is 1370. The number of nitrogens with zero attached hydrogens (tertiary/aromatic N) is 3. The van der Waals surface area contributed by atoms with Gasteiger partial charge in [-0.05, 0) is 23.8 Å². The highest BCUT2D eigenvalue weighted by atomic mass is 35.5. The lowest BCUT2D eigenvalue weighted by molar-refractivity contribution is -0.131. The predicted octanol–water partition coefficient (Wildman–Crippen LogP) is 3.48. The van der Waals surface area contributed by atoms with Gasteiger partial charge in [-0.2, -0.15) is 0 Å². The molecule has 0 bridgehead atoms. The molecule has 1 amide bonds. The van der Waals surface area contributed by atoms with Crippen molar-refractivity contribution >= 4 is 23.2 Å². The molecule has 0 saturated carbocycles. The maximum Gasteiger partial charge on any atom is 0.277 e. The number of amides is 1. The van der Waals surface area contributed by atoms with Crippen LogP contribution in [0, 0.1) is 0 Å². The van der Waals surface area contributed by atoms with Gasteiger partial charge in [0, 0.05) is 29.6 Å². The zero-order valence-electron chi connectivity index (χ0n) is 17.5. The van der Waals surface area contributed by atoms with E-state index in [2.05, 4.69) is 10.1 Å². The number of aromatic amines is 1. The van der Waals surface area contributed by atoms with Gasteiger partial charge in [-0.25, -0.2) is 9.50 Å². The van der Waals surface area contributed by atoms with Crippen LogP contribution in [-0.4, -0.2) is 39.1 Å². The number of carbonyl (C=O) groups excluding carboxylic acids is 1. The molecule has 1 aliphatic rings. The fraction of sp³-hybridized carbons (Fsp3) is 0.208. The van der Waals surface area contributed by atoms with Crippen LogP contribution >= 0.6 is 11.6 Å². The molecule has 1 N–H and O–H groups in total. The highest BCUT2D eigenvalue weighted by Gasteiger charge is 2.25. The molecule has 0 unspecified atom stereocenters. The highest BCUT2D eigenvalue weighted by molar-refractivity contribution is 6.33. The Hall–Kier alpha value is -3.58. The predicted molar refractivity (Wildman–Crippen MR) is 122 cm³/mol. The van der Waals surface area contributed by atoms with Crippen molar-refractivity contribution in [3.63, 3.8) is 0 Å². The molecular weight excluding hydrogens is 428 g/mol. The largest absolute Gasteiger partial charge is 0.497 e. The van der Waals surface area contributed by atoms with Crippen LogP contribution in [0.4, 0.5) is 0 Å². The molecule has 0 aliphatic carbocycles. The van der Waals surface area contributed by atoms with E-state index in [1.54, 1.807) is 18.1 Å². The molecule has 0 fully saturated rings. The summed E-state index contributed by atoms with van der Waals surface area (Å²) in [4.78, 5) is 32.5. The number of nitrogens with one attached hydrogen (secondary N) is 1. The van der Waals surface area contributed by atoms with Gasteiger partial charge in [0.2, 0.25) is 5.91 Å². The minimum Gasteiger partial charge on any atom is -0.497 e. The van der Waals surface area contributed by atoms with Crippen LogP contribution in [0.1, 0.15) is 16.8 Å². The topological polar surface area (TPSA) is 79.7 Å². The van der Waals surface area contributed by atoms with Gasteiger partial charge >= 0.3 is 0 Å². The molecule has 32 heavy (non-hydrogen) atoms. The molecule has 7 nitrogen and oxygen atoms in total. The summed E-state index contributed by atoms with van der Waals surface area (Å²) >= 11 is 6.31. The molecule has 0 spiro atoms. The number of hydrogen-bond donors (Lipinski definition) is 1. The fourth-order valence-corrected chi connectivity index (χ4v) is 4.28. The number of ether oxygens (including phenoxy) is 1. The summed E-state index contributed by atoms with van der Waals surface area (Å²) in [5, 5.41) is 3.70. The van der Waals surface area contributed by atoms with E-state index in [1.807, 2.05) is 48.5 Å². The van der Waals surface area contributed by atoms with Crippen molar-refractivity contribution in [2.24, 2.45) is 0 Å². The quantitative estimate of drug-likeness (QED) is 0.518. The first-order chi connectivity index (χ1) is 15.5. The summed E-state index contributed by atoms with van der Waals surface area (Å²) < 4.78 is 6.59. The Balaban J connectivity index is 1.42. The molecule has 162 valence electrons. The lowest BCUT2D eigenvalue weighted by Crippen LogP contribution is -2.40. The van der Waals surface area contributed by atoms with Crippen LogP contribution in [0.15, 0.2) is 59.4 Å². The molecular formula is C24H21ClN4O3. The van der Waals surface area contributed by atoms with Crippen molar-refractivity contribution in [1.82, 2.24) is 19.5 Å². The summed E-state index contributed by atoms with van der Waals surface area (Å²) in [6.45, 7) is 0.784. The Morgan fingerprint density at radius 2 is 1.97 bits per heavy atom. The molecule has 2 aromatic heterocycles. The third-order valence-electron chi connectivity index (χ3n) is 5.79. The smallest absolute Gasteiger partial charge is 0.277 e. The SMILES string of the molecule is COc1ccc(CC(=O)N2CCc3nc4cc(-c5ccccc5Cl)[nH]n4c(=O)c3C2)cc1. The van der Waals surface area contributed by atoms with E-state index >= 15 is 0 Å². The van der Waals surface area contributed by atoms with Crippen LogP contribution in [-0.2, 0) is 24.2 Å². The van der Waals surface area contributed by atoms with Gasteiger partial charge in [-0.15, -0.1) is 0 Å². The Kier molecular flexibility index (Phi) is 5.19. The second-order valence-electron chi connectivity index (χ2n) is 7.78. The van der Waals surface area contributed by atoms with Crippen LogP contribution in [0.3, 0.4) is 0 Å². The van der Waals surface area contributed by atoms with E-state index in [0.29, 0.717) is 29.2 Å². The lowest BCUT2D eigenvalue weighted by Gasteiger charge is -2.27. The number of aromatic nitrogens is 3. The van der Waals surface area contributed by atoms with Gasteiger partial charge in [-0.1, -0.05) is 41.9 Å². The Labute approximate surface area is 189 Å². The van der Waals surface area contributed by atoms with Gasteiger partial charge in [0.15, 0.2) is 5.65 Å². The monoisotopic (exact) mass is 448 g/mol. The number of H-pyrrole nitrogens is 1. The van der Waals surface area contributed by atoms with E-state index in [-0.39, 0.29) is 24.4 Å².